The van der Waals surface area contributed by atoms with Gasteiger partial charge in [-0.15, -0.1) is 0 Å². The number of rotatable bonds is 1. The van der Waals surface area contributed by atoms with Gasteiger partial charge in [0, 0.05) is 24.5 Å². The van der Waals surface area contributed by atoms with E-state index in [-0.39, 0.29) is 0 Å². The van der Waals surface area contributed by atoms with Gasteiger partial charge in [0.1, 0.15) is 0 Å². The van der Waals surface area contributed by atoms with Crippen molar-refractivity contribution >= 4 is 5.96 Å². The predicted molar refractivity (Wildman–Crippen MR) is 67.7 cm³/mol. The van der Waals surface area contributed by atoms with E-state index in [0.717, 1.165) is 19.0 Å². The highest BCUT2D eigenvalue weighted by atomic mass is 15.2. The molecule has 0 amide bonds. The lowest BCUT2D eigenvalue weighted by atomic mass is 9.93. The number of likely N-dealkylation sites (tertiary alicyclic amines) is 1. The highest BCUT2D eigenvalue weighted by molar-refractivity contribution is 5.80. The van der Waals surface area contributed by atoms with Gasteiger partial charge < -0.3 is 15.5 Å². The molecule has 2 heterocycles. The van der Waals surface area contributed by atoms with E-state index in [2.05, 4.69) is 41.4 Å². The van der Waals surface area contributed by atoms with Crippen LogP contribution in [0.5, 0.6) is 0 Å². The van der Waals surface area contributed by atoms with Crippen molar-refractivity contribution in [2.45, 2.75) is 32.7 Å². The molecule has 0 bridgehead atoms. The number of aliphatic imine (C=N–C) groups is 1. The van der Waals surface area contributed by atoms with Gasteiger partial charge in [-0.3, -0.25) is 4.99 Å². The molecule has 1 saturated heterocycles. The second kappa shape index (κ2) is 4.62. The Bertz CT molecular complexity index is 264. The molecule has 0 spiro atoms. The summed E-state index contributed by atoms with van der Waals surface area (Å²) >= 11 is 0. The van der Waals surface area contributed by atoms with Gasteiger partial charge in [0.05, 0.1) is 0 Å². The molecular formula is C12H24N4. The lowest BCUT2D eigenvalue weighted by Gasteiger charge is -2.34. The highest BCUT2D eigenvalue weighted by Gasteiger charge is 2.24. The van der Waals surface area contributed by atoms with Gasteiger partial charge in [0.2, 0.25) is 0 Å². The molecule has 0 atom stereocenters. The van der Waals surface area contributed by atoms with Crippen LogP contribution < -0.4 is 10.6 Å². The number of nitrogens with zero attached hydrogens (tertiary/aromatic N) is 2. The Morgan fingerprint density at radius 3 is 2.62 bits per heavy atom. The van der Waals surface area contributed by atoms with E-state index < -0.39 is 0 Å². The zero-order valence-corrected chi connectivity index (χ0v) is 10.7. The minimum absolute atomic E-state index is 0.304. The number of hydrogen-bond acceptors (Lipinski definition) is 4. The summed E-state index contributed by atoms with van der Waals surface area (Å²) in [6.45, 7) is 8.82. The summed E-state index contributed by atoms with van der Waals surface area (Å²) in [6.07, 6.45) is 2.45. The van der Waals surface area contributed by atoms with Gasteiger partial charge in [0.15, 0.2) is 5.96 Å². The van der Waals surface area contributed by atoms with Crippen LogP contribution in [-0.2, 0) is 0 Å². The van der Waals surface area contributed by atoms with Crippen molar-refractivity contribution in [2.75, 3.05) is 33.2 Å². The summed E-state index contributed by atoms with van der Waals surface area (Å²) in [5, 5.41) is 6.92. The van der Waals surface area contributed by atoms with Crippen LogP contribution in [-0.4, -0.2) is 50.1 Å². The molecule has 0 radical (unpaired) electrons. The monoisotopic (exact) mass is 224 g/mol. The maximum absolute atomic E-state index is 4.58. The van der Waals surface area contributed by atoms with Gasteiger partial charge in [-0.05, 0) is 33.0 Å². The first-order chi connectivity index (χ1) is 7.55. The average Bonchev–Trinajstić information content (AvgIpc) is 2.24. The summed E-state index contributed by atoms with van der Waals surface area (Å²) in [6, 6.07) is 0.601. The van der Waals surface area contributed by atoms with E-state index >= 15 is 0 Å². The number of piperidine rings is 1. The molecule has 2 aliphatic rings. The average molecular weight is 224 g/mol. The summed E-state index contributed by atoms with van der Waals surface area (Å²) in [5.41, 5.74) is 0.304. The molecule has 0 aromatic rings. The predicted octanol–water partition coefficient (Wildman–Crippen LogP) is 0.656. The van der Waals surface area contributed by atoms with Crippen LogP contribution in [0.3, 0.4) is 0 Å². The van der Waals surface area contributed by atoms with Gasteiger partial charge in [-0.1, -0.05) is 13.8 Å². The Hall–Kier alpha value is -0.770. The second-order valence-corrected chi connectivity index (χ2v) is 5.90. The quantitative estimate of drug-likeness (QED) is 0.687. The van der Waals surface area contributed by atoms with Gasteiger partial charge in [-0.25, -0.2) is 0 Å². The van der Waals surface area contributed by atoms with Crippen molar-refractivity contribution in [3.8, 4) is 0 Å². The Labute approximate surface area is 98.5 Å². The standard InChI is InChI=1S/C12H24N4/c1-12(2)8-13-11(14-9-12)15-10-4-6-16(3)7-5-10/h10H,4-9H2,1-3H3,(H2,13,14,15). The minimum atomic E-state index is 0.304. The third kappa shape index (κ3) is 3.11. The summed E-state index contributed by atoms with van der Waals surface area (Å²) in [4.78, 5) is 6.96. The Morgan fingerprint density at radius 1 is 1.38 bits per heavy atom. The summed E-state index contributed by atoms with van der Waals surface area (Å²) in [5.74, 6) is 1.01. The molecule has 1 fully saturated rings. The third-order valence-electron chi connectivity index (χ3n) is 3.46. The molecule has 2 N–H and O–H groups in total. The van der Waals surface area contributed by atoms with Crippen LogP contribution >= 0.6 is 0 Å². The lowest BCUT2D eigenvalue weighted by molar-refractivity contribution is 0.244. The topological polar surface area (TPSA) is 39.7 Å². The zero-order valence-electron chi connectivity index (χ0n) is 10.7. The van der Waals surface area contributed by atoms with Crippen molar-refractivity contribution in [1.29, 1.82) is 0 Å². The Balaban J connectivity index is 1.80. The van der Waals surface area contributed by atoms with Crippen molar-refractivity contribution in [2.24, 2.45) is 10.4 Å². The molecule has 0 aromatic heterocycles. The maximum Gasteiger partial charge on any atom is 0.191 e. The SMILES string of the molecule is CN1CCC(NC2=NCC(C)(C)CN2)CC1. The van der Waals surface area contributed by atoms with Crippen LogP contribution in [0.4, 0.5) is 0 Å². The molecule has 4 heteroatoms. The fourth-order valence-corrected chi connectivity index (χ4v) is 2.17. The van der Waals surface area contributed by atoms with Crippen LogP contribution in [0.1, 0.15) is 26.7 Å². The molecule has 0 aliphatic carbocycles. The van der Waals surface area contributed by atoms with E-state index in [4.69, 9.17) is 0 Å². The zero-order chi connectivity index (χ0) is 11.6. The van der Waals surface area contributed by atoms with E-state index in [1.54, 1.807) is 0 Å². The molecule has 92 valence electrons. The minimum Gasteiger partial charge on any atom is -0.356 e. The Morgan fingerprint density at radius 2 is 2.06 bits per heavy atom. The van der Waals surface area contributed by atoms with Crippen LogP contribution in [0, 0.1) is 5.41 Å². The van der Waals surface area contributed by atoms with Crippen molar-refractivity contribution in [3.05, 3.63) is 0 Å². The van der Waals surface area contributed by atoms with E-state index in [0.29, 0.717) is 11.5 Å². The molecule has 2 rings (SSSR count). The van der Waals surface area contributed by atoms with Crippen LogP contribution in [0.15, 0.2) is 4.99 Å². The first-order valence-corrected chi connectivity index (χ1v) is 6.29. The summed E-state index contributed by atoms with van der Waals surface area (Å²) in [7, 11) is 2.19. The molecule has 2 aliphatic heterocycles. The molecule has 16 heavy (non-hydrogen) atoms. The first-order valence-electron chi connectivity index (χ1n) is 6.29. The normalized spacial score (nSPS) is 27.1. The van der Waals surface area contributed by atoms with Crippen molar-refractivity contribution in [1.82, 2.24) is 15.5 Å². The van der Waals surface area contributed by atoms with E-state index in [9.17, 15) is 0 Å². The first kappa shape index (κ1) is 11.7. The smallest absolute Gasteiger partial charge is 0.191 e. The molecule has 0 aromatic carbocycles. The Kier molecular flexibility index (Phi) is 3.38. The molecule has 0 unspecified atom stereocenters. The van der Waals surface area contributed by atoms with Crippen LogP contribution in [0.2, 0.25) is 0 Å². The van der Waals surface area contributed by atoms with Gasteiger partial charge in [-0.2, -0.15) is 0 Å². The van der Waals surface area contributed by atoms with E-state index in [1.165, 1.54) is 25.9 Å². The lowest BCUT2D eigenvalue weighted by Crippen LogP contribution is -2.52. The maximum atomic E-state index is 4.58. The molecular weight excluding hydrogens is 200 g/mol. The van der Waals surface area contributed by atoms with E-state index in [1.807, 2.05) is 0 Å². The number of hydrogen-bond donors (Lipinski definition) is 2. The third-order valence-corrected chi connectivity index (χ3v) is 3.46. The van der Waals surface area contributed by atoms with Gasteiger partial charge in [0.25, 0.3) is 0 Å². The molecule has 0 saturated carbocycles. The number of nitrogens with one attached hydrogen (secondary N) is 2. The highest BCUT2D eigenvalue weighted by Crippen LogP contribution is 2.16. The summed E-state index contributed by atoms with van der Waals surface area (Å²) < 4.78 is 0. The van der Waals surface area contributed by atoms with Gasteiger partial charge >= 0.3 is 0 Å². The fourth-order valence-electron chi connectivity index (χ4n) is 2.17. The molecule has 4 nitrogen and oxygen atoms in total. The fraction of sp³-hybridized carbons (Fsp3) is 0.917. The number of guanidine groups is 1. The van der Waals surface area contributed by atoms with Crippen LogP contribution in [0.25, 0.3) is 0 Å². The van der Waals surface area contributed by atoms with Crippen molar-refractivity contribution in [3.63, 3.8) is 0 Å². The largest absolute Gasteiger partial charge is 0.356 e. The van der Waals surface area contributed by atoms with Crippen molar-refractivity contribution < 1.29 is 0 Å². The second-order valence-electron chi connectivity index (χ2n) is 5.90.